The molecule has 1 aromatic carbocycles. The van der Waals surface area contributed by atoms with Crippen molar-refractivity contribution < 1.29 is 18.7 Å². The SMILES string of the molecule is C=C1NC(=O)NC(C(=O)NCCCOc2ccccc2F)=C1N. The summed E-state index contributed by atoms with van der Waals surface area (Å²) < 4.78 is 18.6. The number of urea groups is 1. The van der Waals surface area contributed by atoms with Crippen LogP contribution in [-0.4, -0.2) is 25.1 Å². The molecule has 2 rings (SSSR count). The summed E-state index contributed by atoms with van der Waals surface area (Å²) in [4.78, 5) is 23.2. The number of amides is 3. The van der Waals surface area contributed by atoms with Crippen molar-refractivity contribution in [1.82, 2.24) is 16.0 Å². The van der Waals surface area contributed by atoms with Gasteiger partial charge in [0.2, 0.25) is 0 Å². The highest BCUT2D eigenvalue weighted by Gasteiger charge is 2.23. The van der Waals surface area contributed by atoms with E-state index < -0.39 is 17.8 Å². The van der Waals surface area contributed by atoms with Crippen LogP contribution in [0, 0.1) is 5.82 Å². The molecule has 0 aliphatic carbocycles. The van der Waals surface area contributed by atoms with Crippen LogP contribution in [0.15, 0.2) is 47.9 Å². The van der Waals surface area contributed by atoms with Crippen LogP contribution in [0.5, 0.6) is 5.75 Å². The second kappa shape index (κ2) is 7.30. The Balaban J connectivity index is 1.77. The summed E-state index contributed by atoms with van der Waals surface area (Å²) >= 11 is 0. The quantitative estimate of drug-likeness (QED) is 0.579. The van der Waals surface area contributed by atoms with Crippen molar-refractivity contribution in [1.29, 1.82) is 0 Å². The normalized spacial score (nSPS) is 14.1. The van der Waals surface area contributed by atoms with Gasteiger partial charge in [0, 0.05) is 6.54 Å². The lowest BCUT2D eigenvalue weighted by molar-refractivity contribution is -0.117. The van der Waals surface area contributed by atoms with Crippen LogP contribution in [0.25, 0.3) is 0 Å². The Kier molecular flexibility index (Phi) is 5.19. The first-order valence-corrected chi connectivity index (χ1v) is 6.91. The van der Waals surface area contributed by atoms with Gasteiger partial charge in [-0.15, -0.1) is 0 Å². The predicted molar refractivity (Wildman–Crippen MR) is 81.5 cm³/mol. The van der Waals surface area contributed by atoms with E-state index in [1.165, 1.54) is 12.1 Å². The van der Waals surface area contributed by atoms with E-state index in [9.17, 15) is 14.0 Å². The minimum Gasteiger partial charge on any atom is -0.490 e. The van der Waals surface area contributed by atoms with Gasteiger partial charge in [-0.05, 0) is 18.6 Å². The molecule has 1 aromatic rings. The van der Waals surface area contributed by atoms with Crippen LogP contribution >= 0.6 is 0 Å². The lowest BCUT2D eigenvalue weighted by Crippen LogP contribution is -2.47. The van der Waals surface area contributed by atoms with Crippen LogP contribution < -0.4 is 26.4 Å². The van der Waals surface area contributed by atoms with Gasteiger partial charge in [-0.3, -0.25) is 4.79 Å². The second-order valence-corrected chi connectivity index (χ2v) is 4.73. The topological polar surface area (TPSA) is 105 Å². The van der Waals surface area contributed by atoms with E-state index >= 15 is 0 Å². The standard InChI is InChI=1S/C15H17FN4O3/c1-9-12(17)13(20-15(22)19-9)14(21)18-7-4-8-23-11-6-3-2-5-10(11)16/h2-3,5-6H,1,4,7-8,17H2,(H,18,21)(H2,19,20,22). The maximum atomic E-state index is 13.3. The Morgan fingerprint density at radius 3 is 2.83 bits per heavy atom. The van der Waals surface area contributed by atoms with Crippen LogP contribution in [0.1, 0.15) is 6.42 Å². The highest BCUT2D eigenvalue weighted by molar-refractivity contribution is 6.00. The van der Waals surface area contributed by atoms with Crippen molar-refractivity contribution in [3.63, 3.8) is 0 Å². The summed E-state index contributed by atoms with van der Waals surface area (Å²) in [6, 6.07) is 5.50. The van der Waals surface area contributed by atoms with E-state index in [4.69, 9.17) is 10.5 Å². The first-order chi connectivity index (χ1) is 11.0. The van der Waals surface area contributed by atoms with Gasteiger partial charge in [-0.25, -0.2) is 9.18 Å². The number of carbonyl (C=O) groups is 2. The second-order valence-electron chi connectivity index (χ2n) is 4.73. The highest BCUT2D eigenvalue weighted by Crippen LogP contribution is 2.15. The average Bonchev–Trinajstić information content (AvgIpc) is 2.52. The van der Waals surface area contributed by atoms with Gasteiger partial charge in [0.25, 0.3) is 5.91 Å². The molecule has 0 saturated carbocycles. The summed E-state index contributed by atoms with van der Waals surface area (Å²) in [6.45, 7) is 4.05. The van der Waals surface area contributed by atoms with Crippen molar-refractivity contribution in [2.24, 2.45) is 5.73 Å². The monoisotopic (exact) mass is 320 g/mol. The summed E-state index contributed by atoms with van der Waals surface area (Å²) in [7, 11) is 0. The third kappa shape index (κ3) is 4.22. The molecule has 1 aliphatic heterocycles. The zero-order chi connectivity index (χ0) is 16.8. The van der Waals surface area contributed by atoms with Crippen molar-refractivity contribution in [2.75, 3.05) is 13.2 Å². The molecule has 122 valence electrons. The van der Waals surface area contributed by atoms with Crippen molar-refractivity contribution in [2.45, 2.75) is 6.42 Å². The van der Waals surface area contributed by atoms with Crippen LogP contribution in [0.3, 0.4) is 0 Å². The largest absolute Gasteiger partial charge is 0.490 e. The van der Waals surface area contributed by atoms with Gasteiger partial charge in [-0.2, -0.15) is 0 Å². The Bertz CT molecular complexity index is 672. The van der Waals surface area contributed by atoms with Gasteiger partial charge < -0.3 is 26.4 Å². The van der Waals surface area contributed by atoms with Gasteiger partial charge in [0.15, 0.2) is 11.6 Å². The molecule has 0 aromatic heterocycles. The molecule has 23 heavy (non-hydrogen) atoms. The number of rotatable bonds is 6. The van der Waals surface area contributed by atoms with E-state index in [1.54, 1.807) is 12.1 Å². The molecule has 0 unspecified atom stereocenters. The molecule has 0 fully saturated rings. The van der Waals surface area contributed by atoms with E-state index in [-0.39, 0.29) is 36.0 Å². The van der Waals surface area contributed by atoms with Crippen LogP contribution in [0.4, 0.5) is 9.18 Å². The Morgan fingerprint density at radius 2 is 2.09 bits per heavy atom. The molecule has 0 spiro atoms. The molecule has 1 heterocycles. The molecule has 3 amide bonds. The predicted octanol–water partition coefficient (Wildman–Crippen LogP) is 0.708. The molecule has 8 heteroatoms. The molecular weight excluding hydrogens is 303 g/mol. The number of hydrogen-bond donors (Lipinski definition) is 4. The minimum atomic E-state index is -0.572. The summed E-state index contributed by atoms with van der Waals surface area (Å²) in [5.41, 5.74) is 5.88. The Hall–Kier alpha value is -3.03. The number of carbonyl (C=O) groups excluding carboxylic acids is 2. The lowest BCUT2D eigenvalue weighted by Gasteiger charge is -2.20. The zero-order valence-corrected chi connectivity index (χ0v) is 12.3. The van der Waals surface area contributed by atoms with Crippen LogP contribution in [0.2, 0.25) is 0 Å². The van der Waals surface area contributed by atoms with Crippen molar-refractivity contribution in [3.8, 4) is 5.75 Å². The van der Waals surface area contributed by atoms with Crippen LogP contribution in [-0.2, 0) is 4.79 Å². The number of nitrogens with two attached hydrogens (primary N) is 1. The molecule has 0 atom stereocenters. The smallest absolute Gasteiger partial charge is 0.323 e. The number of para-hydroxylation sites is 1. The number of ether oxygens (including phenoxy) is 1. The first-order valence-electron chi connectivity index (χ1n) is 6.91. The fourth-order valence-corrected chi connectivity index (χ4v) is 1.85. The number of halogens is 1. The Labute approximate surface area is 132 Å². The zero-order valence-electron chi connectivity index (χ0n) is 12.3. The highest BCUT2D eigenvalue weighted by atomic mass is 19.1. The number of benzene rings is 1. The maximum absolute atomic E-state index is 13.3. The molecule has 0 bridgehead atoms. The van der Waals surface area contributed by atoms with Gasteiger partial charge in [0.1, 0.15) is 5.70 Å². The van der Waals surface area contributed by atoms with Gasteiger partial charge >= 0.3 is 6.03 Å². The third-order valence-corrected chi connectivity index (χ3v) is 3.03. The lowest BCUT2D eigenvalue weighted by atomic mass is 10.2. The number of hydrogen-bond acceptors (Lipinski definition) is 4. The fraction of sp³-hybridized carbons (Fsp3) is 0.200. The average molecular weight is 320 g/mol. The van der Waals surface area contributed by atoms with E-state index in [0.717, 1.165) is 0 Å². The van der Waals surface area contributed by atoms with E-state index in [0.29, 0.717) is 6.42 Å². The molecular formula is C15H17FN4O3. The van der Waals surface area contributed by atoms with E-state index in [1.807, 2.05) is 0 Å². The Morgan fingerprint density at radius 1 is 1.35 bits per heavy atom. The summed E-state index contributed by atoms with van der Waals surface area (Å²) in [6.07, 6.45) is 0.459. The van der Waals surface area contributed by atoms with Gasteiger partial charge in [-0.1, -0.05) is 18.7 Å². The summed E-state index contributed by atoms with van der Waals surface area (Å²) in [5, 5.41) is 7.26. The number of nitrogens with one attached hydrogen (secondary N) is 3. The molecule has 1 aliphatic rings. The van der Waals surface area contributed by atoms with Crippen molar-refractivity contribution >= 4 is 11.9 Å². The third-order valence-electron chi connectivity index (χ3n) is 3.03. The van der Waals surface area contributed by atoms with Gasteiger partial charge in [0.05, 0.1) is 18.0 Å². The van der Waals surface area contributed by atoms with Crippen molar-refractivity contribution in [3.05, 3.63) is 53.8 Å². The van der Waals surface area contributed by atoms with E-state index in [2.05, 4.69) is 22.5 Å². The first kappa shape index (κ1) is 16.3. The minimum absolute atomic E-state index is 0.0474. The molecule has 0 saturated heterocycles. The molecule has 7 nitrogen and oxygen atoms in total. The maximum Gasteiger partial charge on any atom is 0.323 e. The summed E-state index contributed by atoms with van der Waals surface area (Å²) in [5.74, 6) is -0.803. The fourth-order valence-electron chi connectivity index (χ4n) is 1.85. The molecule has 5 N–H and O–H groups in total. The molecule has 0 radical (unpaired) electrons.